The van der Waals surface area contributed by atoms with Gasteiger partial charge in [0.25, 0.3) is 0 Å². The van der Waals surface area contributed by atoms with E-state index in [2.05, 4.69) is 42.4 Å². The molecule has 2 aromatic rings. The van der Waals surface area contributed by atoms with Gasteiger partial charge in [-0.05, 0) is 60.9 Å². The van der Waals surface area contributed by atoms with Gasteiger partial charge < -0.3 is 10.6 Å². The van der Waals surface area contributed by atoms with Gasteiger partial charge in [-0.2, -0.15) is 0 Å². The third kappa shape index (κ3) is 2.60. The molecule has 0 atom stereocenters. The number of rotatable bonds is 2. The predicted molar refractivity (Wildman–Crippen MR) is 79.9 cm³/mol. The molecule has 1 aliphatic heterocycles. The van der Waals surface area contributed by atoms with E-state index in [9.17, 15) is 0 Å². The summed E-state index contributed by atoms with van der Waals surface area (Å²) in [6.45, 7) is 3.25. The number of hydrogen-bond acceptors (Lipinski definition) is 4. The number of pyridine rings is 1. The third-order valence-corrected chi connectivity index (χ3v) is 4.29. The van der Waals surface area contributed by atoms with Gasteiger partial charge in [0.1, 0.15) is 5.52 Å². The van der Waals surface area contributed by atoms with Crippen LogP contribution in [0.4, 0.5) is 5.95 Å². The number of nitrogens with zero attached hydrogens (tertiary/aromatic N) is 4. The third-order valence-electron chi connectivity index (χ3n) is 3.86. The van der Waals surface area contributed by atoms with Crippen LogP contribution in [0.1, 0.15) is 12.8 Å². The van der Waals surface area contributed by atoms with E-state index in [0.29, 0.717) is 11.9 Å². The van der Waals surface area contributed by atoms with Gasteiger partial charge in [0, 0.05) is 17.2 Å². The Balaban J connectivity index is 1.86. The first kappa shape index (κ1) is 12.9. The molecular formula is C13H18BrN5. The van der Waals surface area contributed by atoms with E-state index in [1.807, 2.05) is 6.07 Å². The van der Waals surface area contributed by atoms with Crippen LogP contribution in [0.2, 0.25) is 0 Å². The molecular weight excluding hydrogens is 306 g/mol. The monoisotopic (exact) mass is 323 g/mol. The summed E-state index contributed by atoms with van der Waals surface area (Å²) in [5.41, 5.74) is 7.78. The number of anilines is 1. The van der Waals surface area contributed by atoms with Gasteiger partial charge in [0.15, 0.2) is 5.65 Å². The Morgan fingerprint density at radius 1 is 1.42 bits per heavy atom. The van der Waals surface area contributed by atoms with E-state index in [0.717, 1.165) is 35.3 Å². The fourth-order valence-corrected chi connectivity index (χ4v) is 3.01. The van der Waals surface area contributed by atoms with Crippen molar-refractivity contribution in [2.24, 2.45) is 5.92 Å². The average Bonchev–Trinajstić information content (AvgIpc) is 2.68. The number of likely N-dealkylation sites (tertiary alicyclic amines) is 1. The van der Waals surface area contributed by atoms with Crippen LogP contribution in [0.15, 0.2) is 16.7 Å². The minimum atomic E-state index is 0.569. The number of hydrogen-bond donors (Lipinski definition) is 1. The normalized spacial score (nSPS) is 18.2. The molecule has 0 radical (unpaired) electrons. The molecule has 0 spiro atoms. The maximum absolute atomic E-state index is 6.03. The zero-order valence-corrected chi connectivity index (χ0v) is 12.6. The van der Waals surface area contributed by atoms with Crippen molar-refractivity contribution in [1.82, 2.24) is 19.4 Å². The van der Waals surface area contributed by atoms with E-state index in [1.54, 1.807) is 6.20 Å². The minimum absolute atomic E-state index is 0.569. The minimum Gasteiger partial charge on any atom is -0.369 e. The SMILES string of the molecule is CN1CCC(Cn2c(N)nc3cc(Br)cnc32)CC1. The smallest absolute Gasteiger partial charge is 0.202 e. The van der Waals surface area contributed by atoms with Gasteiger partial charge >= 0.3 is 0 Å². The fraction of sp³-hybridized carbons (Fsp3) is 0.538. The van der Waals surface area contributed by atoms with E-state index in [4.69, 9.17) is 5.73 Å². The van der Waals surface area contributed by atoms with Crippen LogP contribution in [0, 0.1) is 5.92 Å². The molecule has 2 N–H and O–H groups in total. The summed E-state index contributed by atoms with van der Waals surface area (Å²) in [5, 5.41) is 0. The van der Waals surface area contributed by atoms with Gasteiger partial charge in [0.2, 0.25) is 5.95 Å². The van der Waals surface area contributed by atoms with Gasteiger partial charge in [-0.15, -0.1) is 0 Å². The largest absolute Gasteiger partial charge is 0.369 e. The predicted octanol–water partition coefficient (Wildman–Crippen LogP) is 2.12. The summed E-state index contributed by atoms with van der Waals surface area (Å²) >= 11 is 3.41. The molecule has 2 aromatic heterocycles. The van der Waals surface area contributed by atoms with Gasteiger partial charge in [-0.1, -0.05) is 0 Å². The zero-order valence-electron chi connectivity index (χ0n) is 11.0. The first-order chi connectivity index (χ1) is 9.13. The number of imidazole rings is 1. The highest BCUT2D eigenvalue weighted by molar-refractivity contribution is 9.10. The standard InChI is InChI=1S/C13H18BrN5/c1-18-4-2-9(3-5-18)8-19-12-11(17-13(19)15)6-10(14)7-16-12/h6-7,9H,2-5,8H2,1H3,(H2,15,17). The summed E-state index contributed by atoms with van der Waals surface area (Å²) in [6, 6.07) is 1.96. The van der Waals surface area contributed by atoms with Crippen LogP contribution in [-0.4, -0.2) is 39.6 Å². The van der Waals surface area contributed by atoms with E-state index in [-0.39, 0.29) is 0 Å². The number of nitrogens with two attached hydrogens (primary N) is 1. The Morgan fingerprint density at radius 3 is 2.89 bits per heavy atom. The topological polar surface area (TPSA) is 60.0 Å². The van der Waals surface area contributed by atoms with Crippen molar-refractivity contribution in [1.29, 1.82) is 0 Å². The lowest BCUT2D eigenvalue weighted by atomic mass is 9.97. The molecule has 1 aliphatic rings. The lowest BCUT2D eigenvalue weighted by molar-refractivity contribution is 0.206. The lowest BCUT2D eigenvalue weighted by Gasteiger charge is -2.29. The Labute approximate surface area is 120 Å². The molecule has 0 bridgehead atoms. The molecule has 0 saturated carbocycles. The average molecular weight is 324 g/mol. The summed E-state index contributed by atoms with van der Waals surface area (Å²) in [6.07, 6.45) is 4.23. The van der Waals surface area contributed by atoms with E-state index >= 15 is 0 Å². The first-order valence-corrected chi connectivity index (χ1v) is 7.38. The number of aromatic nitrogens is 3. The Morgan fingerprint density at radius 2 is 2.16 bits per heavy atom. The number of piperidine rings is 1. The summed E-state index contributed by atoms with van der Waals surface area (Å²) in [4.78, 5) is 11.2. The maximum Gasteiger partial charge on any atom is 0.202 e. The first-order valence-electron chi connectivity index (χ1n) is 6.59. The van der Waals surface area contributed by atoms with E-state index in [1.165, 1.54) is 12.8 Å². The van der Waals surface area contributed by atoms with E-state index < -0.39 is 0 Å². The van der Waals surface area contributed by atoms with Crippen molar-refractivity contribution in [3.63, 3.8) is 0 Å². The van der Waals surface area contributed by atoms with Crippen molar-refractivity contribution < 1.29 is 0 Å². The quantitative estimate of drug-likeness (QED) is 0.919. The van der Waals surface area contributed by atoms with Gasteiger partial charge in [-0.3, -0.25) is 4.57 Å². The second kappa shape index (κ2) is 5.09. The molecule has 102 valence electrons. The highest BCUT2D eigenvalue weighted by atomic mass is 79.9. The molecule has 0 aromatic carbocycles. The fourth-order valence-electron chi connectivity index (χ4n) is 2.69. The molecule has 6 heteroatoms. The molecule has 5 nitrogen and oxygen atoms in total. The number of nitrogen functional groups attached to an aromatic ring is 1. The number of halogens is 1. The molecule has 3 rings (SSSR count). The van der Waals surface area contributed by atoms with Crippen molar-refractivity contribution in [3.05, 3.63) is 16.7 Å². The summed E-state index contributed by atoms with van der Waals surface area (Å²) in [7, 11) is 2.18. The lowest BCUT2D eigenvalue weighted by Crippen LogP contribution is -2.32. The molecule has 0 unspecified atom stereocenters. The van der Waals surface area contributed by atoms with Crippen LogP contribution in [0.3, 0.4) is 0 Å². The zero-order chi connectivity index (χ0) is 13.4. The molecule has 19 heavy (non-hydrogen) atoms. The second-order valence-corrected chi connectivity index (χ2v) is 6.24. The molecule has 1 saturated heterocycles. The Bertz CT molecular complexity index is 586. The Hall–Kier alpha value is -1.14. The second-order valence-electron chi connectivity index (χ2n) is 5.32. The summed E-state index contributed by atoms with van der Waals surface area (Å²) < 4.78 is 2.99. The highest BCUT2D eigenvalue weighted by Crippen LogP contribution is 2.24. The van der Waals surface area contributed by atoms with Crippen molar-refractivity contribution >= 4 is 33.0 Å². The molecule has 1 fully saturated rings. The van der Waals surface area contributed by atoms with Crippen LogP contribution in [-0.2, 0) is 6.54 Å². The molecule has 0 aliphatic carbocycles. The van der Waals surface area contributed by atoms with Crippen LogP contribution in [0.5, 0.6) is 0 Å². The van der Waals surface area contributed by atoms with Crippen LogP contribution < -0.4 is 5.73 Å². The van der Waals surface area contributed by atoms with Gasteiger partial charge in [-0.25, -0.2) is 9.97 Å². The number of fused-ring (bicyclic) bond motifs is 1. The maximum atomic E-state index is 6.03. The van der Waals surface area contributed by atoms with Crippen molar-refractivity contribution in [2.45, 2.75) is 19.4 Å². The molecule has 3 heterocycles. The van der Waals surface area contributed by atoms with Crippen LogP contribution in [0.25, 0.3) is 11.2 Å². The van der Waals surface area contributed by atoms with Crippen molar-refractivity contribution in [2.75, 3.05) is 25.9 Å². The van der Waals surface area contributed by atoms with Gasteiger partial charge in [0.05, 0.1) is 0 Å². The summed E-state index contributed by atoms with van der Waals surface area (Å²) in [5.74, 6) is 1.24. The van der Waals surface area contributed by atoms with Crippen LogP contribution >= 0.6 is 15.9 Å². The van der Waals surface area contributed by atoms with Crippen molar-refractivity contribution in [3.8, 4) is 0 Å². The highest BCUT2D eigenvalue weighted by Gasteiger charge is 2.19. The molecule has 0 amide bonds. The Kier molecular flexibility index (Phi) is 3.45.